The van der Waals surface area contributed by atoms with E-state index in [2.05, 4.69) is 6.07 Å². The molecule has 0 saturated carbocycles. The number of rotatable bonds is 0. The molecular weight excluding hydrogens is 247 g/mol. The van der Waals surface area contributed by atoms with Crippen molar-refractivity contribution in [2.45, 2.75) is 6.18 Å². The van der Waals surface area contributed by atoms with Gasteiger partial charge in [0.05, 0.1) is 0 Å². The van der Waals surface area contributed by atoms with Crippen LogP contribution in [0, 0.1) is 0 Å². The molecule has 1 N–H and O–H groups in total. The van der Waals surface area contributed by atoms with E-state index in [9.17, 15) is 13.2 Å². The van der Waals surface area contributed by atoms with Crippen molar-refractivity contribution >= 4 is 22.4 Å². The van der Waals surface area contributed by atoms with Crippen LogP contribution >= 0.6 is 0 Å². The van der Waals surface area contributed by atoms with E-state index in [1.54, 1.807) is 0 Å². The van der Waals surface area contributed by atoms with Gasteiger partial charge in [-0.25, -0.2) is 0 Å². The van der Waals surface area contributed by atoms with E-state index < -0.39 is 12.1 Å². The second-order valence-corrected chi connectivity index (χ2v) is 3.35. The molecule has 0 saturated heterocycles. The lowest BCUT2D eigenvalue weighted by Crippen LogP contribution is -2.37. The molecule has 2 rings (SSSR count). The van der Waals surface area contributed by atoms with Gasteiger partial charge in [-0.2, -0.15) is 13.2 Å². The summed E-state index contributed by atoms with van der Waals surface area (Å²) in [6.45, 7) is 0. The SMILES string of the molecule is O=C([O-])C(F)(F)F.[NH-]c1ccc2ccccc2c1. The third kappa shape index (κ3) is 3.97. The largest absolute Gasteiger partial charge is 0.699 e. The van der Waals surface area contributed by atoms with Gasteiger partial charge in [-0.3, -0.25) is 0 Å². The number of carbonyl (C=O) groups excluding carboxylic acids is 1. The minimum Gasteiger partial charge on any atom is -0.699 e. The molecule has 18 heavy (non-hydrogen) atoms. The summed E-state index contributed by atoms with van der Waals surface area (Å²) in [6, 6.07) is 13.7. The van der Waals surface area contributed by atoms with Gasteiger partial charge in [0.25, 0.3) is 0 Å². The van der Waals surface area contributed by atoms with E-state index in [0.717, 1.165) is 5.39 Å². The number of halogens is 3. The molecule has 0 aliphatic carbocycles. The maximum absolute atomic E-state index is 10.5. The van der Waals surface area contributed by atoms with E-state index in [-0.39, 0.29) is 0 Å². The number of carboxylic acids is 1. The summed E-state index contributed by atoms with van der Waals surface area (Å²) in [4.78, 5) is 8.78. The van der Waals surface area contributed by atoms with Crippen LogP contribution in [-0.2, 0) is 4.79 Å². The topological polar surface area (TPSA) is 63.9 Å². The number of carbonyl (C=O) groups is 1. The molecule has 0 radical (unpaired) electrons. The highest BCUT2D eigenvalue weighted by Crippen LogP contribution is 2.19. The highest BCUT2D eigenvalue weighted by atomic mass is 19.4. The number of hydrogen-bond acceptors (Lipinski definition) is 2. The Bertz CT molecular complexity index is 552. The normalized spacial score (nSPS) is 10.6. The standard InChI is InChI=1S/C10H8N.C2HF3O2/c11-10-6-5-8-3-1-2-4-9(8)7-10;3-2(4,5)1(6)7/h1-7,11H;(H,6,7)/q-1;/p-1. The first-order valence-corrected chi connectivity index (χ1v) is 4.79. The minimum absolute atomic E-state index is 0.573. The molecule has 6 heteroatoms. The molecule has 0 spiro atoms. The molecule has 0 atom stereocenters. The summed E-state index contributed by atoms with van der Waals surface area (Å²) in [5, 5.41) is 11.1. The minimum atomic E-state index is -5.19. The van der Waals surface area contributed by atoms with Gasteiger partial charge in [0.2, 0.25) is 0 Å². The van der Waals surface area contributed by atoms with Crippen LogP contribution in [0.25, 0.3) is 16.5 Å². The molecule has 0 bridgehead atoms. The maximum atomic E-state index is 10.5. The Labute approximate surface area is 101 Å². The van der Waals surface area contributed by atoms with Crippen molar-refractivity contribution in [3.05, 3.63) is 48.2 Å². The molecule has 2 aromatic carbocycles. The molecule has 0 heterocycles. The van der Waals surface area contributed by atoms with Crippen molar-refractivity contribution in [3.63, 3.8) is 0 Å². The number of aliphatic carboxylic acids is 1. The van der Waals surface area contributed by atoms with Gasteiger partial charge in [-0.05, 0) is 10.8 Å². The Morgan fingerprint density at radius 2 is 1.56 bits per heavy atom. The summed E-state index contributed by atoms with van der Waals surface area (Å²) >= 11 is 0. The lowest BCUT2D eigenvalue weighted by molar-refractivity contribution is -0.344. The molecule has 2 aromatic rings. The first-order valence-electron chi connectivity index (χ1n) is 4.79. The highest BCUT2D eigenvalue weighted by Gasteiger charge is 2.28. The molecule has 3 nitrogen and oxygen atoms in total. The Morgan fingerprint density at radius 3 is 2.06 bits per heavy atom. The summed E-state index contributed by atoms with van der Waals surface area (Å²) in [5.41, 5.74) is 7.95. The molecule has 0 aliphatic rings. The summed E-state index contributed by atoms with van der Waals surface area (Å²) in [7, 11) is 0. The lowest BCUT2D eigenvalue weighted by atomic mass is 10.1. The second kappa shape index (κ2) is 5.39. The van der Waals surface area contributed by atoms with Gasteiger partial charge in [-0.1, -0.05) is 42.5 Å². The van der Waals surface area contributed by atoms with Gasteiger partial charge in [0, 0.05) is 0 Å². The second-order valence-electron chi connectivity index (χ2n) is 3.35. The maximum Gasteiger partial charge on any atom is 0.430 e. The number of hydrogen-bond donors (Lipinski definition) is 0. The molecule has 0 aliphatic heterocycles. The smallest absolute Gasteiger partial charge is 0.430 e. The van der Waals surface area contributed by atoms with Crippen molar-refractivity contribution in [2.24, 2.45) is 0 Å². The molecular formula is C12H8F3NO2-2. The van der Waals surface area contributed by atoms with Crippen molar-refractivity contribution < 1.29 is 23.1 Å². The summed E-state index contributed by atoms with van der Waals surface area (Å²) in [5.74, 6) is -3.01. The first-order chi connectivity index (χ1) is 8.30. The molecule has 0 amide bonds. The number of benzene rings is 2. The van der Waals surface area contributed by atoms with Gasteiger partial charge in [0.15, 0.2) is 0 Å². The summed E-state index contributed by atoms with van der Waals surface area (Å²) < 4.78 is 31.5. The monoisotopic (exact) mass is 255 g/mol. The molecule has 0 fully saturated rings. The average Bonchev–Trinajstić information content (AvgIpc) is 2.28. The van der Waals surface area contributed by atoms with Gasteiger partial charge < -0.3 is 15.6 Å². The highest BCUT2D eigenvalue weighted by molar-refractivity contribution is 5.85. The van der Waals surface area contributed by atoms with Crippen molar-refractivity contribution in [2.75, 3.05) is 0 Å². The summed E-state index contributed by atoms with van der Waals surface area (Å²) in [6.07, 6.45) is -5.19. The van der Waals surface area contributed by atoms with Crippen LogP contribution in [0.15, 0.2) is 42.5 Å². The zero-order valence-electron chi connectivity index (χ0n) is 8.99. The predicted molar refractivity (Wildman–Crippen MR) is 59.0 cm³/mol. The Balaban J connectivity index is 0.000000203. The Morgan fingerprint density at radius 1 is 1.06 bits per heavy atom. The fourth-order valence-corrected chi connectivity index (χ4v) is 1.19. The quantitative estimate of drug-likeness (QED) is 0.726. The number of alkyl halides is 3. The average molecular weight is 255 g/mol. The zero-order chi connectivity index (χ0) is 13.8. The zero-order valence-corrected chi connectivity index (χ0v) is 8.99. The fourth-order valence-electron chi connectivity index (χ4n) is 1.19. The predicted octanol–water partition coefficient (Wildman–Crippen LogP) is 2.82. The van der Waals surface area contributed by atoms with Crippen LogP contribution in [0.1, 0.15) is 0 Å². The third-order valence-corrected chi connectivity index (χ3v) is 1.98. The van der Waals surface area contributed by atoms with E-state index in [0.29, 0.717) is 5.69 Å². The van der Waals surface area contributed by atoms with Crippen LogP contribution in [0.2, 0.25) is 0 Å². The molecule has 0 aromatic heterocycles. The number of nitrogens with one attached hydrogen (secondary N) is 1. The van der Waals surface area contributed by atoms with Crippen molar-refractivity contribution in [1.82, 2.24) is 0 Å². The van der Waals surface area contributed by atoms with Crippen LogP contribution in [-0.4, -0.2) is 12.1 Å². The number of carboxylic acid groups (broad SMARTS) is 1. The van der Waals surface area contributed by atoms with E-state index in [4.69, 9.17) is 15.6 Å². The number of fused-ring (bicyclic) bond motifs is 1. The van der Waals surface area contributed by atoms with Crippen LogP contribution in [0.5, 0.6) is 0 Å². The van der Waals surface area contributed by atoms with E-state index >= 15 is 0 Å². The van der Waals surface area contributed by atoms with Crippen LogP contribution in [0.4, 0.5) is 18.9 Å². The van der Waals surface area contributed by atoms with E-state index in [1.165, 1.54) is 5.39 Å². The molecule has 96 valence electrons. The van der Waals surface area contributed by atoms with Crippen molar-refractivity contribution in [3.8, 4) is 0 Å². The Hall–Kier alpha value is -2.24. The van der Waals surface area contributed by atoms with Crippen LogP contribution in [0.3, 0.4) is 0 Å². The van der Waals surface area contributed by atoms with Crippen molar-refractivity contribution in [1.29, 1.82) is 0 Å². The third-order valence-electron chi connectivity index (χ3n) is 1.98. The lowest BCUT2D eigenvalue weighted by Gasteiger charge is -2.03. The van der Waals surface area contributed by atoms with Gasteiger partial charge in [0.1, 0.15) is 5.97 Å². The van der Waals surface area contributed by atoms with Gasteiger partial charge >= 0.3 is 6.18 Å². The van der Waals surface area contributed by atoms with E-state index in [1.807, 2.05) is 36.4 Å². The Kier molecular flexibility index (Phi) is 4.14. The molecule has 0 unspecified atom stereocenters. The van der Waals surface area contributed by atoms with Crippen LogP contribution < -0.4 is 5.11 Å². The van der Waals surface area contributed by atoms with Gasteiger partial charge in [-0.15, -0.1) is 5.69 Å². The fraction of sp³-hybridized carbons (Fsp3) is 0.0833. The first kappa shape index (κ1) is 13.8.